The van der Waals surface area contributed by atoms with Crippen molar-refractivity contribution in [3.63, 3.8) is 0 Å². The third-order valence-electron chi connectivity index (χ3n) is 2.93. The molecule has 0 heterocycles. The average Bonchev–Trinajstić information content (AvgIpc) is 3.20. The highest BCUT2D eigenvalue weighted by Crippen LogP contribution is 2.25. The van der Waals surface area contributed by atoms with E-state index in [1.54, 1.807) is 18.2 Å². The number of benzene rings is 1. The van der Waals surface area contributed by atoms with Gasteiger partial charge < -0.3 is 14.8 Å². The smallest absolute Gasteiger partial charge is 0.411 e. The summed E-state index contributed by atoms with van der Waals surface area (Å²) >= 11 is 5.95. The summed E-state index contributed by atoms with van der Waals surface area (Å²) in [6, 6.07) is 5.75. The van der Waals surface area contributed by atoms with E-state index in [-0.39, 0.29) is 13.2 Å². The van der Waals surface area contributed by atoms with Crippen LogP contribution in [-0.2, 0) is 11.3 Å². The molecule has 0 atom stereocenters. The molecule has 21 heavy (non-hydrogen) atoms. The Morgan fingerprint density at radius 3 is 2.67 bits per heavy atom. The summed E-state index contributed by atoms with van der Waals surface area (Å²) in [5.74, 6) is 0.614. The van der Waals surface area contributed by atoms with Crippen molar-refractivity contribution in [3.05, 3.63) is 28.8 Å². The van der Waals surface area contributed by atoms with Gasteiger partial charge in [-0.3, -0.25) is 0 Å². The van der Waals surface area contributed by atoms with Crippen molar-refractivity contribution in [1.29, 1.82) is 0 Å². The number of halogens is 4. The zero-order valence-electron chi connectivity index (χ0n) is 11.4. The van der Waals surface area contributed by atoms with E-state index in [0.29, 0.717) is 23.4 Å². The highest BCUT2D eigenvalue weighted by atomic mass is 35.5. The van der Waals surface area contributed by atoms with E-state index in [2.05, 4.69) is 10.1 Å². The largest absolute Gasteiger partial charge is 0.491 e. The van der Waals surface area contributed by atoms with Gasteiger partial charge in [-0.25, -0.2) is 0 Å². The fourth-order valence-electron chi connectivity index (χ4n) is 1.77. The Morgan fingerprint density at radius 1 is 1.24 bits per heavy atom. The Balaban J connectivity index is 1.78. The molecule has 1 aliphatic carbocycles. The predicted octanol–water partition coefficient (Wildman–Crippen LogP) is 3.55. The molecule has 0 radical (unpaired) electrons. The van der Waals surface area contributed by atoms with Gasteiger partial charge in [0.25, 0.3) is 0 Å². The van der Waals surface area contributed by atoms with Gasteiger partial charge in [0, 0.05) is 23.2 Å². The van der Waals surface area contributed by atoms with Crippen molar-refractivity contribution < 1.29 is 22.6 Å². The first kappa shape index (κ1) is 16.4. The second-order valence-corrected chi connectivity index (χ2v) is 5.36. The Hall–Kier alpha value is -0.980. The molecular weight excluding hydrogens is 307 g/mol. The molecule has 1 aromatic carbocycles. The maximum atomic E-state index is 11.9. The monoisotopic (exact) mass is 323 g/mol. The van der Waals surface area contributed by atoms with E-state index in [0.717, 1.165) is 5.56 Å². The van der Waals surface area contributed by atoms with Crippen molar-refractivity contribution in [3.8, 4) is 5.75 Å². The zero-order chi connectivity index (χ0) is 15.3. The Labute approximate surface area is 126 Å². The van der Waals surface area contributed by atoms with Gasteiger partial charge in [0.15, 0.2) is 0 Å². The van der Waals surface area contributed by atoms with Crippen LogP contribution in [0.2, 0.25) is 5.02 Å². The van der Waals surface area contributed by atoms with Crippen LogP contribution in [0, 0.1) is 0 Å². The highest BCUT2D eigenvalue weighted by Gasteiger charge is 2.27. The second-order valence-electron chi connectivity index (χ2n) is 4.92. The van der Waals surface area contributed by atoms with Gasteiger partial charge in [0.2, 0.25) is 0 Å². The molecular formula is C14H17ClF3NO2. The summed E-state index contributed by atoms with van der Waals surface area (Å²) in [5, 5.41) is 3.94. The van der Waals surface area contributed by atoms with Crippen molar-refractivity contribution >= 4 is 11.6 Å². The maximum absolute atomic E-state index is 11.9. The van der Waals surface area contributed by atoms with Crippen LogP contribution < -0.4 is 10.1 Å². The van der Waals surface area contributed by atoms with E-state index < -0.39 is 12.8 Å². The van der Waals surface area contributed by atoms with E-state index in [1.165, 1.54) is 12.8 Å². The van der Waals surface area contributed by atoms with Crippen LogP contribution in [0.3, 0.4) is 0 Å². The standard InChI is InChI=1S/C14H17ClF3NO2/c15-11-1-4-13(10(7-11)8-19-12-2-3-12)21-6-5-20-9-14(16,17)18/h1,4,7,12,19H,2-3,5-6,8-9H2. The first-order chi connectivity index (χ1) is 9.94. The van der Waals surface area contributed by atoms with Gasteiger partial charge >= 0.3 is 6.18 Å². The van der Waals surface area contributed by atoms with Crippen molar-refractivity contribution in [1.82, 2.24) is 5.32 Å². The summed E-state index contributed by atoms with van der Waals surface area (Å²) in [7, 11) is 0. The fraction of sp³-hybridized carbons (Fsp3) is 0.571. The Kier molecular flexibility index (Phi) is 5.72. The van der Waals surface area contributed by atoms with Crippen LogP contribution >= 0.6 is 11.6 Å². The molecule has 0 saturated heterocycles. The molecule has 2 rings (SSSR count). The van der Waals surface area contributed by atoms with Gasteiger partial charge in [-0.2, -0.15) is 13.2 Å². The first-order valence-corrected chi connectivity index (χ1v) is 7.11. The van der Waals surface area contributed by atoms with Gasteiger partial charge in [0.05, 0.1) is 6.61 Å². The molecule has 0 unspecified atom stereocenters. The van der Waals surface area contributed by atoms with Gasteiger partial charge in [-0.05, 0) is 31.0 Å². The molecule has 7 heteroatoms. The quantitative estimate of drug-likeness (QED) is 0.742. The number of nitrogens with one attached hydrogen (secondary N) is 1. The van der Waals surface area contributed by atoms with E-state index >= 15 is 0 Å². The normalized spacial score (nSPS) is 15.2. The number of alkyl halides is 3. The summed E-state index contributed by atoms with van der Waals surface area (Å²) in [6.45, 7) is -0.678. The molecule has 118 valence electrons. The molecule has 1 aliphatic rings. The van der Waals surface area contributed by atoms with Crippen LogP contribution in [0.25, 0.3) is 0 Å². The van der Waals surface area contributed by atoms with Gasteiger partial charge in [0.1, 0.15) is 19.0 Å². The lowest BCUT2D eigenvalue weighted by Gasteiger charge is -2.13. The highest BCUT2D eigenvalue weighted by molar-refractivity contribution is 6.30. The van der Waals surface area contributed by atoms with Crippen molar-refractivity contribution in [2.45, 2.75) is 31.6 Å². The van der Waals surface area contributed by atoms with Crippen LogP contribution in [-0.4, -0.2) is 32.0 Å². The zero-order valence-corrected chi connectivity index (χ0v) is 12.1. The number of hydrogen-bond acceptors (Lipinski definition) is 3. The summed E-state index contributed by atoms with van der Waals surface area (Å²) in [4.78, 5) is 0. The van der Waals surface area contributed by atoms with Crippen LogP contribution in [0.1, 0.15) is 18.4 Å². The van der Waals surface area contributed by atoms with Crippen LogP contribution in [0.4, 0.5) is 13.2 Å². The van der Waals surface area contributed by atoms with Crippen molar-refractivity contribution in [2.24, 2.45) is 0 Å². The molecule has 3 nitrogen and oxygen atoms in total. The number of ether oxygens (including phenoxy) is 2. The maximum Gasteiger partial charge on any atom is 0.411 e. The summed E-state index contributed by atoms with van der Waals surface area (Å²) in [6.07, 6.45) is -1.97. The molecule has 0 aliphatic heterocycles. The molecule has 1 saturated carbocycles. The average molecular weight is 324 g/mol. The fourth-order valence-corrected chi connectivity index (χ4v) is 1.96. The molecule has 0 spiro atoms. The number of rotatable bonds is 8. The van der Waals surface area contributed by atoms with Crippen LogP contribution in [0.15, 0.2) is 18.2 Å². The molecule has 1 fully saturated rings. The summed E-state index contributed by atoms with van der Waals surface area (Å²) < 4.78 is 45.7. The topological polar surface area (TPSA) is 30.5 Å². The third-order valence-corrected chi connectivity index (χ3v) is 3.17. The summed E-state index contributed by atoms with van der Waals surface area (Å²) in [5.41, 5.74) is 0.894. The second kappa shape index (κ2) is 7.33. The SMILES string of the molecule is FC(F)(F)COCCOc1ccc(Cl)cc1CNC1CC1. The van der Waals surface area contributed by atoms with E-state index in [1.807, 2.05) is 0 Å². The minimum absolute atomic E-state index is 0.0636. The van der Waals surface area contributed by atoms with E-state index in [9.17, 15) is 13.2 Å². The lowest BCUT2D eigenvalue weighted by Crippen LogP contribution is -2.20. The molecule has 1 aromatic rings. The molecule has 0 bridgehead atoms. The Morgan fingerprint density at radius 2 is 2.00 bits per heavy atom. The third kappa shape index (κ3) is 6.54. The Bertz CT molecular complexity index is 464. The lowest BCUT2D eigenvalue weighted by molar-refractivity contribution is -0.175. The van der Waals surface area contributed by atoms with Crippen LogP contribution in [0.5, 0.6) is 5.75 Å². The lowest BCUT2D eigenvalue weighted by atomic mass is 10.2. The van der Waals surface area contributed by atoms with Gasteiger partial charge in [-0.15, -0.1) is 0 Å². The van der Waals surface area contributed by atoms with Gasteiger partial charge in [-0.1, -0.05) is 11.6 Å². The minimum Gasteiger partial charge on any atom is -0.491 e. The van der Waals surface area contributed by atoms with E-state index in [4.69, 9.17) is 16.3 Å². The van der Waals surface area contributed by atoms with Crippen molar-refractivity contribution in [2.75, 3.05) is 19.8 Å². The minimum atomic E-state index is -4.31. The predicted molar refractivity (Wildman–Crippen MR) is 73.7 cm³/mol. The molecule has 0 amide bonds. The first-order valence-electron chi connectivity index (χ1n) is 6.73. The number of hydrogen-bond donors (Lipinski definition) is 1. The molecule has 0 aromatic heterocycles. The molecule has 1 N–H and O–H groups in total.